The SMILES string of the molecule is CCCCC/C=C\C/C=C\CCCCCCCC(=O)OC[C@H](COP(=O)(O)O[C@H]1C(O)C(O)C(OP(=O)(O)O)[C@@H](OP(=O)(O)O)C1O)OC(=O)CCCCCCCCCCCCCCCCCCC. The van der Waals surface area contributed by atoms with Gasteiger partial charge in [-0.25, -0.2) is 13.7 Å². The van der Waals surface area contributed by atoms with Crippen LogP contribution in [0.15, 0.2) is 24.3 Å². The molecule has 1 aliphatic rings. The van der Waals surface area contributed by atoms with Gasteiger partial charge in [-0.1, -0.05) is 173 Å². The Morgan fingerprint density at radius 2 is 0.841 bits per heavy atom. The van der Waals surface area contributed by atoms with Crippen LogP contribution in [0.5, 0.6) is 0 Å². The highest BCUT2D eigenvalue weighted by molar-refractivity contribution is 7.47. The third-order valence-electron chi connectivity index (χ3n) is 11.8. The number of aliphatic hydroxyl groups excluding tert-OH is 3. The van der Waals surface area contributed by atoms with Crippen molar-refractivity contribution >= 4 is 35.4 Å². The summed E-state index contributed by atoms with van der Waals surface area (Å²) in [5.41, 5.74) is 0. The van der Waals surface area contributed by atoms with Crippen LogP contribution in [0.3, 0.4) is 0 Å². The molecule has 0 spiro atoms. The number of allylic oxidation sites excluding steroid dienone is 4. The average molecular weight is 1050 g/mol. The molecule has 0 aromatic heterocycles. The number of hydrogen-bond acceptors (Lipinski definition) is 14. The molecule has 406 valence electrons. The first-order chi connectivity index (χ1) is 32.8. The quantitative estimate of drug-likeness (QED) is 0.0122. The highest BCUT2D eigenvalue weighted by Crippen LogP contribution is 2.51. The number of carbonyl (C=O) groups excluding carboxylic acids is 2. The average Bonchev–Trinajstić information content (AvgIpc) is 3.28. The standard InChI is InChI=1S/C47H89O19P3/c1-3-5-7-9-11-13-15-17-19-20-22-24-26-28-30-32-34-36-41(49)63-39(37-61-40(48)35-33-31-29-27-25-23-21-18-16-14-12-10-8-6-4-2)38-62-69(59,60)66-45-42(50)43(51)46(64-67(53,54)55)47(44(45)52)65-68(56,57)58/h12,14,18,21,39,42-47,50-52H,3-11,13,15-17,19-20,22-38H2,1-2H3,(H,59,60)(H2,53,54,55)(H2,56,57,58)/b14-12-,21-18-/t39-,42?,43?,44?,45+,46?,47+/m1/s1. The van der Waals surface area contributed by atoms with Crippen molar-refractivity contribution in [2.45, 2.75) is 249 Å². The van der Waals surface area contributed by atoms with Crippen molar-refractivity contribution in [2.75, 3.05) is 13.2 Å². The molecule has 0 heterocycles. The van der Waals surface area contributed by atoms with Gasteiger partial charge in [-0.3, -0.25) is 27.7 Å². The zero-order valence-corrected chi connectivity index (χ0v) is 44.1. The molecule has 1 fully saturated rings. The van der Waals surface area contributed by atoms with E-state index >= 15 is 0 Å². The first-order valence-electron chi connectivity index (χ1n) is 25.6. The molecular weight excluding hydrogens is 961 g/mol. The molecule has 22 heteroatoms. The summed E-state index contributed by atoms with van der Waals surface area (Å²) >= 11 is 0. The maximum atomic E-state index is 13.1. The lowest BCUT2D eigenvalue weighted by atomic mass is 9.85. The van der Waals surface area contributed by atoms with Gasteiger partial charge in [0, 0.05) is 12.8 Å². The summed E-state index contributed by atoms with van der Waals surface area (Å²) in [7, 11) is -16.6. The lowest BCUT2D eigenvalue weighted by Crippen LogP contribution is -2.65. The monoisotopic (exact) mass is 1050 g/mol. The second kappa shape index (κ2) is 39.1. The Hall–Kier alpha value is -1.37. The number of aliphatic hydroxyl groups is 3. The van der Waals surface area contributed by atoms with Crippen LogP contribution in [-0.4, -0.2) is 108 Å². The number of ether oxygens (including phenoxy) is 2. The summed E-state index contributed by atoms with van der Waals surface area (Å²) < 4.78 is 65.6. The van der Waals surface area contributed by atoms with Crippen LogP contribution in [0.4, 0.5) is 0 Å². The number of carbonyl (C=O) groups is 2. The van der Waals surface area contributed by atoms with E-state index in [1.165, 1.54) is 96.3 Å². The van der Waals surface area contributed by atoms with E-state index in [0.29, 0.717) is 12.8 Å². The van der Waals surface area contributed by atoms with Crippen molar-refractivity contribution in [3.63, 3.8) is 0 Å². The molecule has 0 aromatic carbocycles. The van der Waals surface area contributed by atoms with E-state index in [-0.39, 0.29) is 12.8 Å². The minimum absolute atomic E-state index is 0.000540. The zero-order chi connectivity index (χ0) is 51.4. The molecule has 0 amide bonds. The minimum Gasteiger partial charge on any atom is -0.462 e. The molecule has 19 nitrogen and oxygen atoms in total. The molecule has 1 saturated carbocycles. The normalized spacial score (nSPS) is 21.5. The lowest BCUT2D eigenvalue weighted by Gasteiger charge is -2.44. The van der Waals surface area contributed by atoms with Gasteiger partial charge in [0.25, 0.3) is 0 Å². The van der Waals surface area contributed by atoms with Crippen molar-refractivity contribution in [3.8, 4) is 0 Å². The largest absolute Gasteiger partial charge is 0.472 e. The molecule has 69 heavy (non-hydrogen) atoms. The predicted octanol–water partition coefficient (Wildman–Crippen LogP) is 9.85. The van der Waals surface area contributed by atoms with Crippen molar-refractivity contribution in [3.05, 3.63) is 24.3 Å². The van der Waals surface area contributed by atoms with E-state index in [4.69, 9.17) is 18.5 Å². The summed E-state index contributed by atoms with van der Waals surface area (Å²) in [6, 6.07) is 0. The lowest BCUT2D eigenvalue weighted by molar-refractivity contribution is -0.213. The first kappa shape index (κ1) is 65.6. The molecule has 8 N–H and O–H groups in total. The maximum absolute atomic E-state index is 13.1. The van der Waals surface area contributed by atoms with Gasteiger partial charge in [0.1, 0.15) is 43.2 Å². The minimum atomic E-state index is -5.60. The zero-order valence-electron chi connectivity index (χ0n) is 41.4. The highest BCUT2D eigenvalue weighted by atomic mass is 31.2. The molecular formula is C47H89O19P3. The van der Waals surface area contributed by atoms with Gasteiger partial charge in [0.05, 0.1) is 6.61 Å². The predicted molar refractivity (Wildman–Crippen MR) is 261 cm³/mol. The van der Waals surface area contributed by atoms with Crippen molar-refractivity contribution in [2.24, 2.45) is 0 Å². The fourth-order valence-corrected chi connectivity index (χ4v) is 10.0. The van der Waals surface area contributed by atoms with Crippen LogP contribution in [0.2, 0.25) is 0 Å². The van der Waals surface area contributed by atoms with Crippen LogP contribution in [0.25, 0.3) is 0 Å². The summed E-state index contributed by atoms with van der Waals surface area (Å²) in [5, 5.41) is 31.9. The van der Waals surface area contributed by atoms with E-state index in [1.807, 2.05) is 0 Å². The number of phosphoric ester groups is 3. The van der Waals surface area contributed by atoms with Crippen LogP contribution >= 0.6 is 23.5 Å². The van der Waals surface area contributed by atoms with Gasteiger partial charge in [-0.05, 0) is 44.9 Å². The van der Waals surface area contributed by atoms with Gasteiger partial charge >= 0.3 is 35.4 Å². The second-order valence-electron chi connectivity index (χ2n) is 18.1. The number of phosphoric acid groups is 3. The molecule has 1 rings (SSSR count). The smallest absolute Gasteiger partial charge is 0.462 e. The highest BCUT2D eigenvalue weighted by Gasteiger charge is 2.56. The van der Waals surface area contributed by atoms with E-state index in [0.717, 1.165) is 70.6 Å². The van der Waals surface area contributed by atoms with Gasteiger partial charge in [0.2, 0.25) is 0 Å². The fraction of sp³-hybridized carbons (Fsp3) is 0.872. The summed E-state index contributed by atoms with van der Waals surface area (Å²) in [6.45, 7) is 2.94. The van der Waals surface area contributed by atoms with Gasteiger partial charge < -0.3 is 49.3 Å². The van der Waals surface area contributed by atoms with Gasteiger partial charge in [-0.15, -0.1) is 0 Å². The number of rotatable bonds is 44. The van der Waals surface area contributed by atoms with Crippen LogP contribution in [0, 0.1) is 0 Å². The summed E-state index contributed by atoms with van der Waals surface area (Å²) in [4.78, 5) is 73.3. The fourth-order valence-electron chi connectivity index (χ4n) is 7.91. The third-order valence-corrected chi connectivity index (χ3v) is 13.8. The van der Waals surface area contributed by atoms with Crippen LogP contribution < -0.4 is 0 Å². The van der Waals surface area contributed by atoms with E-state index in [1.54, 1.807) is 0 Å². The topological polar surface area (TPSA) is 303 Å². The van der Waals surface area contributed by atoms with Crippen LogP contribution in [0.1, 0.15) is 206 Å². The Morgan fingerprint density at radius 3 is 1.30 bits per heavy atom. The number of unbranched alkanes of at least 4 members (excludes halogenated alkanes) is 24. The van der Waals surface area contributed by atoms with E-state index in [9.17, 15) is 63.1 Å². The molecule has 5 unspecified atom stereocenters. The molecule has 0 aromatic rings. The molecule has 1 aliphatic carbocycles. The van der Waals surface area contributed by atoms with Gasteiger partial charge in [0.15, 0.2) is 6.10 Å². The number of esters is 2. The summed E-state index contributed by atoms with van der Waals surface area (Å²) in [5.74, 6) is -1.30. The van der Waals surface area contributed by atoms with Crippen LogP contribution in [-0.2, 0) is 50.9 Å². The van der Waals surface area contributed by atoms with Crippen molar-refractivity contribution in [1.29, 1.82) is 0 Å². The van der Waals surface area contributed by atoms with E-state index in [2.05, 4.69) is 47.2 Å². The summed E-state index contributed by atoms with van der Waals surface area (Å²) in [6.07, 6.45) is 23.2. The Kier molecular flexibility index (Phi) is 37.2. The Balaban J connectivity index is 2.69. The molecule has 0 aliphatic heterocycles. The second-order valence-corrected chi connectivity index (χ2v) is 21.9. The van der Waals surface area contributed by atoms with Crippen molar-refractivity contribution in [1.82, 2.24) is 0 Å². The van der Waals surface area contributed by atoms with E-state index < -0.39 is 91.3 Å². The maximum Gasteiger partial charge on any atom is 0.472 e. The molecule has 0 radical (unpaired) electrons. The Bertz CT molecular complexity index is 1540. The first-order valence-corrected chi connectivity index (χ1v) is 30.2. The molecule has 0 saturated heterocycles. The number of hydrogen-bond donors (Lipinski definition) is 8. The molecule has 0 bridgehead atoms. The molecule has 8 atom stereocenters. The van der Waals surface area contributed by atoms with Crippen molar-refractivity contribution < 1.29 is 90.6 Å². The Labute approximate surface area is 411 Å². The van der Waals surface area contributed by atoms with Gasteiger partial charge in [-0.2, -0.15) is 0 Å². The Morgan fingerprint density at radius 1 is 0.464 bits per heavy atom. The third kappa shape index (κ3) is 35.4.